The number of sulfone groups is 1. The number of anilines is 1. The number of rotatable bonds is 3. The largest absolute Gasteiger partial charge is 0.378 e. The molecular weight excluding hydrogens is 198 g/mol. The molecule has 78 valence electrons. The van der Waals surface area contributed by atoms with E-state index in [1.54, 1.807) is 0 Å². The summed E-state index contributed by atoms with van der Waals surface area (Å²) in [7, 11) is 0.922. The first-order valence-electron chi connectivity index (χ1n) is 4.32. The van der Waals surface area contributed by atoms with Crippen LogP contribution in [0.15, 0.2) is 24.3 Å². The molecule has 4 heteroatoms. The Bertz CT molecular complexity index is 410. The molecule has 0 atom stereocenters. The van der Waals surface area contributed by atoms with Crippen molar-refractivity contribution >= 4 is 15.5 Å². The van der Waals surface area contributed by atoms with Crippen LogP contribution in [0.2, 0.25) is 0 Å². The van der Waals surface area contributed by atoms with Crippen LogP contribution in [0.4, 0.5) is 5.69 Å². The molecule has 0 aromatic heterocycles. The summed E-state index contributed by atoms with van der Waals surface area (Å²) in [5.41, 5.74) is 1.85. The van der Waals surface area contributed by atoms with E-state index in [0.29, 0.717) is 0 Å². The number of hydrogen-bond acceptors (Lipinski definition) is 3. The summed E-state index contributed by atoms with van der Waals surface area (Å²) in [5.74, 6) is 0.106. The lowest BCUT2D eigenvalue weighted by molar-refractivity contribution is 0.601. The molecule has 1 rings (SSSR count). The van der Waals surface area contributed by atoms with E-state index >= 15 is 0 Å². The minimum absolute atomic E-state index is 0.106. The molecule has 0 aliphatic carbocycles. The highest BCUT2D eigenvalue weighted by Crippen LogP contribution is 2.14. The van der Waals surface area contributed by atoms with Crippen molar-refractivity contribution in [1.82, 2.24) is 0 Å². The molecule has 0 spiro atoms. The molecule has 0 N–H and O–H groups in total. The quantitative estimate of drug-likeness (QED) is 0.759. The first kappa shape index (κ1) is 11.0. The van der Waals surface area contributed by atoms with Crippen LogP contribution in [0.3, 0.4) is 0 Å². The van der Waals surface area contributed by atoms with E-state index in [9.17, 15) is 8.42 Å². The number of nitrogens with zero attached hydrogens (tertiary/aromatic N) is 1. The Labute approximate surface area is 85.3 Å². The summed E-state index contributed by atoms with van der Waals surface area (Å²) >= 11 is 0. The van der Waals surface area contributed by atoms with Gasteiger partial charge in [-0.25, -0.2) is 8.42 Å². The van der Waals surface area contributed by atoms with Crippen LogP contribution in [-0.2, 0) is 15.6 Å². The molecule has 14 heavy (non-hydrogen) atoms. The first-order chi connectivity index (χ1) is 6.38. The van der Waals surface area contributed by atoms with Crippen molar-refractivity contribution in [2.24, 2.45) is 0 Å². The second-order valence-corrected chi connectivity index (χ2v) is 5.77. The van der Waals surface area contributed by atoms with Gasteiger partial charge in [0, 0.05) is 26.0 Å². The Morgan fingerprint density at radius 3 is 2.43 bits per heavy atom. The third-order valence-corrected chi connectivity index (χ3v) is 2.71. The lowest BCUT2D eigenvalue weighted by Gasteiger charge is -2.13. The molecule has 3 nitrogen and oxygen atoms in total. The highest BCUT2D eigenvalue weighted by molar-refractivity contribution is 7.89. The van der Waals surface area contributed by atoms with Gasteiger partial charge in [-0.05, 0) is 17.7 Å². The Morgan fingerprint density at radius 1 is 1.29 bits per heavy atom. The van der Waals surface area contributed by atoms with Gasteiger partial charge in [0.2, 0.25) is 0 Å². The minimum atomic E-state index is -2.94. The summed E-state index contributed by atoms with van der Waals surface area (Å²) in [6.07, 6.45) is 1.25. The maximum Gasteiger partial charge on any atom is 0.151 e. The third kappa shape index (κ3) is 3.38. The van der Waals surface area contributed by atoms with Crippen LogP contribution in [0.5, 0.6) is 0 Å². The van der Waals surface area contributed by atoms with Gasteiger partial charge in [-0.1, -0.05) is 12.1 Å². The highest BCUT2D eigenvalue weighted by atomic mass is 32.2. The van der Waals surface area contributed by atoms with Crippen LogP contribution < -0.4 is 4.90 Å². The Morgan fingerprint density at radius 2 is 1.93 bits per heavy atom. The van der Waals surface area contributed by atoms with Crippen molar-refractivity contribution in [2.45, 2.75) is 5.75 Å². The molecule has 0 radical (unpaired) electrons. The third-order valence-electron chi connectivity index (χ3n) is 1.86. The Hall–Kier alpha value is -1.03. The van der Waals surface area contributed by atoms with Crippen molar-refractivity contribution in [3.8, 4) is 0 Å². The fourth-order valence-corrected chi connectivity index (χ4v) is 2.01. The highest BCUT2D eigenvalue weighted by Gasteiger charge is 2.05. The fourth-order valence-electron chi connectivity index (χ4n) is 1.23. The zero-order chi connectivity index (χ0) is 10.8. The van der Waals surface area contributed by atoms with Crippen LogP contribution in [-0.4, -0.2) is 28.8 Å². The lowest BCUT2D eigenvalue weighted by atomic mass is 10.2. The van der Waals surface area contributed by atoms with Crippen LogP contribution in [0.25, 0.3) is 0 Å². The van der Waals surface area contributed by atoms with Gasteiger partial charge in [-0.2, -0.15) is 0 Å². The van der Waals surface area contributed by atoms with Gasteiger partial charge in [0.15, 0.2) is 9.84 Å². The summed E-state index contributed by atoms with van der Waals surface area (Å²) in [6.45, 7) is 0. The second-order valence-electron chi connectivity index (χ2n) is 3.63. The smallest absolute Gasteiger partial charge is 0.151 e. The molecule has 0 aliphatic rings. The monoisotopic (exact) mass is 213 g/mol. The topological polar surface area (TPSA) is 37.4 Å². The second kappa shape index (κ2) is 4.00. The van der Waals surface area contributed by atoms with Crippen molar-refractivity contribution in [1.29, 1.82) is 0 Å². The summed E-state index contributed by atoms with van der Waals surface area (Å²) in [5, 5.41) is 0. The standard InChI is InChI=1S/C10H15NO2S/c1-11(2)10-6-4-5-9(7-10)8-14(3,12)13/h4-7H,8H2,1-3H3. The molecule has 0 amide bonds. The zero-order valence-electron chi connectivity index (χ0n) is 8.69. The van der Waals surface area contributed by atoms with E-state index in [4.69, 9.17) is 0 Å². The average molecular weight is 213 g/mol. The Balaban J connectivity index is 2.95. The molecule has 0 saturated carbocycles. The van der Waals surface area contributed by atoms with E-state index in [1.807, 2.05) is 43.3 Å². The molecule has 0 heterocycles. The van der Waals surface area contributed by atoms with Gasteiger partial charge < -0.3 is 4.90 Å². The maximum absolute atomic E-state index is 11.1. The van der Waals surface area contributed by atoms with Crippen molar-refractivity contribution in [2.75, 3.05) is 25.3 Å². The molecule has 0 bridgehead atoms. The van der Waals surface area contributed by atoms with Crippen LogP contribution >= 0.6 is 0 Å². The average Bonchev–Trinajstić information content (AvgIpc) is 2.01. The van der Waals surface area contributed by atoms with Crippen molar-refractivity contribution in [3.63, 3.8) is 0 Å². The normalized spacial score (nSPS) is 11.4. The van der Waals surface area contributed by atoms with E-state index in [1.165, 1.54) is 6.26 Å². The SMILES string of the molecule is CN(C)c1cccc(CS(C)(=O)=O)c1. The van der Waals surface area contributed by atoms with Crippen LogP contribution in [0.1, 0.15) is 5.56 Å². The molecular formula is C10H15NO2S. The van der Waals surface area contributed by atoms with Crippen LogP contribution in [0, 0.1) is 0 Å². The number of hydrogen-bond donors (Lipinski definition) is 0. The molecule has 1 aromatic carbocycles. The van der Waals surface area contributed by atoms with E-state index < -0.39 is 9.84 Å². The Kier molecular flexibility index (Phi) is 3.16. The summed E-state index contributed by atoms with van der Waals surface area (Å²) < 4.78 is 22.1. The van der Waals surface area contributed by atoms with Gasteiger partial charge in [0.25, 0.3) is 0 Å². The molecule has 0 fully saturated rings. The van der Waals surface area contributed by atoms with E-state index in [-0.39, 0.29) is 5.75 Å². The predicted octanol–water partition coefficient (Wildman–Crippen LogP) is 1.30. The molecule has 0 saturated heterocycles. The number of benzene rings is 1. The summed E-state index contributed by atoms with van der Waals surface area (Å²) in [6, 6.07) is 7.54. The zero-order valence-corrected chi connectivity index (χ0v) is 9.50. The predicted molar refractivity (Wildman–Crippen MR) is 59.3 cm³/mol. The van der Waals surface area contributed by atoms with Gasteiger partial charge in [0.05, 0.1) is 5.75 Å². The minimum Gasteiger partial charge on any atom is -0.378 e. The molecule has 0 aliphatic heterocycles. The molecule has 0 unspecified atom stereocenters. The maximum atomic E-state index is 11.1. The van der Waals surface area contributed by atoms with Crippen molar-refractivity contribution < 1.29 is 8.42 Å². The van der Waals surface area contributed by atoms with E-state index in [0.717, 1.165) is 11.3 Å². The first-order valence-corrected chi connectivity index (χ1v) is 6.38. The van der Waals surface area contributed by atoms with E-state index in [2.05, 4.69) is 0 Å². The fraction of sp³-hybridized carbons (Fsp3) is 0.400. The summed E-state index contributed by atoms with van der Waals surface area (Å²) in [4.78, 5) is 1.95. The van der Waals surface area contributed by atoms with Gasteiger partial charge in [0.1, 0.15) is 0 Å². The van der Waals surface area contributed by atoms with Gasteiger partial charge >= 0.3 is 0 Å². The molecule has 1 aromatic rings. The lowest BCUT2D eigenvalue weighted by Crippen LogP contribution is -2.09. The van der Waals surface area contributed by atoms with Gasteiger partial charge in [-0.3, -0.25) is 0 Å². The van der Waals surface area contributed by atoms with Crippen molar-refractivity contribution in [3.05, 3.63) is 29.8 Å². The van der Waals surface area contributed by atoms with Gasteiger partial charge in [-0.15, -0.1) is 0 Å².